The molecule has 1 aromatic carbocycles. The second-order valence-corrected chi connectivity index (χ2v) is 2.45. The van der Waals surface area contributed by atoms with Crippen LogP contribution in [0.25, 0.3) is 6.08 Å². The average Bonchev–Trinajstić information content (AvgIpc) is 2.17. The molecule has 0 saturated carbocycles. The first-order valence-corrected chi connectivity index (χ1v) is 4.14. The molecule has 0 aliphatic heterocycles. The number of hydrogen-bond donors (Lipinski definition) is 0. The lowest BCUT2D eigenvalue weighted by Gasteiger charge is -2.01. The molecule has 13 heavy (non-hydrogen) atoms. The molecule has 0 unspecified atom stereocenters. The first kappa shape index (κ1) is 9.52. The van der Waals surface area contributed by atoms with Gasteiger partial charge >= 0.3 is 0 Å². The van der Waals surface area contributed by atoms with Crippen molar-refractivity contribution in [2.45, 2.75) is 6.92 Å². The van der Waals surface area contributed by atoms with Gasteiger partial charge in [0.2, 0.25) is 6.29 Å². The molecule has 0 spiro atoms. The summed E-state index contributed by atoms with van der Waals surface area (Å²) in [6.45, 7) is 2.60. The van der Waals surface area contributed by atoms with Gasteiger partial charge in [-0.15, -0.1) is 0 Å². The van der Waals surface area contributed by atoms with Crippen LogP contribution in [0.1, 0.15) is 12.5 Å². The minimum atomic E-state index is 0.664. The lowest BCUT2D eigenvalue weighted by molar-refractivity contribution is 0.340. The quantitative estimate of drug-likeness (QED) is 0.656. The van der Waals surface area contributed by atoms with Crippen molar-refractivity contribution in [2.75, 3.05) is 6.61 Å². The Morgan fingerprint density at radius 3 is 2.62 bits per heavy atom. The maximum atomic E-state index is 9.91. The van der Waals surface area contributed by atoms with Crippen molar-refractivity contribution in [3.8, 4) is 5.75 Å². The number of rotatable bonds is 4. The maximum absolute atomic E-state index is 9.91. The van der Waals surface area contributed by atoms with Crippen molar-refractivity contribution >= 4 is 12.4 Å². The molecule has 0 aromatic heterocycles. The fraction of sp³-hybridized carbons (Fsp3) is 0.182. The van der Waals surface area contributed by atoms with Gasteiger partial charge < -0.3 is 4.74 Å². The molecule has 0 atom stereocenters. The summed E-state index contributed by atoms with van der Waals surface area (Å²) in [4.78, 5) is 9.91. The van der Waals surface area contributed by atoms with Gasteiger partial charge in [0.1, 0.15) is 5.75 Å². The van der Waals surface area contributed by atoms with Crippen molar-refractivity contribution in [3.05, 3.63) is 35.9 Å². The summed E-state index contributed by atoms with van der Waals surface area (Å²) < 4.78 is 5.26. The SMILES string of the molecule is CCOc1ccc(/C=C/[C]=O)cc1. The maximum Gasteiger partial charge on any atom is 0.225 e. The van der Waals surface area contributed by atoms with Crippen molar-refractivity contribution in [2.24, 2.45) is 0 Å². The second-order valence-electron chi connectivity index (χ2n) is 2.45. The van der Waals surface area contributed by atoms with Crippen LogP contribution < -0.4 is 4.74 Å². The molecule has 0 amide bonds. The molecule has 67 valence electrons. The zero-order chi connectivity index (χ0) is 9.52. The Balaban J connectivity index is 2.69. The highest BCUT2D eigenvalue weighted by atomic mass is 16.5. The van der Waals surface area contributed by atoms with Crippen LogP contribution in [0.5, 0.6) is 5.75 Å². The van der Waals surface area contributed by atoms with E-state index in [0.29, 0.717) is 6.61 Å². The van der Waals surface area contributed by atoms with Gasteiger partial charge in [0, 0.05) is 0 Å². The Hall–Kier alpha value is -1.57. The minimum Gasteiger partial charge on any atom is -0.494 e. The second kappa shape index (κ2) is 5.14. The van der Waals surface area contributed by atoms with Crippen molar-refractivity contribution in [1.29, 1.82) is 0 Å². The van der Waals surface area contributed by atoms with E-state index < -0.39 is 0 Å². The first-order valence-electron chi connectivity index (χ1n) is 4.14. The number of ether oxygens (including phenoxy) is 1. The first-order chi connectivity index (χ1) is 6.36. The van der Waals surface area contributed by atoms with Gasteiger partial charge in [-0.2, -0.15) is 0 Å². The molecule has 0 fully saturated rings. The van der Waals surface area contributed by atoms with Gasteiger partial charge in [-0.05, 0) is 30.7 Å². The molecule has 1 radical (unpaired) electrons. The van der Waals surface area contributed by atoms with Crippen LogP contribution in [0.15, 0.2) is 30.3 Å². The summed E-state index contributed by atoms with van der Waals surface area (Å²) in [7, 11) is 0. The van der Waals surface area contributed by atoms with E-state index in [2.05, 4.69) is 0 Å². The van der Waals surface area contributed by atoms with E-state index in [9.17, 15) is 4.79 Å². The third-order valence-corrected chi connectivity index (χ3v) is 1.53. The van der Waals surface area contributed by atoms with Crippen LogP contribution in [0.2, 0.25) is 0 Å². The Morgan fingerprint density at radius 1 is 1.38 bits per heavy atom. The largest absolute Gasteiger partial charge is 0.494 e. The Labute approximate surface area is 77.8 Å². The highest BCUT2D eigenvalue weighted by Gasteiger charge is 1.90. The Morgan fingerprint density at radius 2 is 2.08 bits per heavy atom. The zero-order valence-electron chi connectivity index (χ0n) is 7.49. The van der Waals surface area contributed by atoms with Crippen LogP contribution in [0.3, 0.4) is 0 Å². The summed E-state index contributed by atoms with van der Waals surface area (Å²) >= 11 is 0. The Bertz CT molecular complexity index is 285. The van der Waals surface area contributed by atoms with Crippen LogP contribution in [0, 0.1) is 0 Å². The van der Waals surface area contributed by atoms with Crippen LogP contribution in [0.4, 0.5) is 0 Å². The molecule has 0 aliphatic carbocycles. The normalized spacial score (nSPS) is 10.2. The van der Waals surface area contributed by atoms with E-state index in [0.717, 1.165) is 11.3 Å². The molecule has 0 N–H and O–H groups in total. The molecule has 1 aromatic rings. The highest BCUT2D eigenvalue weighted by molar-refractivity contribution is 5.74. The summed E-state index contributed by atoms with van der Waals surface area (Å²) in [6.07, 6.45) is 4.73. The number of hydrogen-bond acceptors (Lipinski definition) is 2. The molecule has 0 heterocycles. The number of benzene rings is 1. The van der Waals surface area contributed by atoms with Gasteiger partial charge in [0.05, 0.1) is 6.61 Å². The standard InChI is InChI=1S/C11H11O2/c1-2-13-11-7-5-10(6-8-11)4-3-9-12/h3-8H,2H2,1H3/b4-3+. The smallest absolute Gasteiger partial charge is 0.225 e. The number of carbonyl (C=O) groups excluding carboxylic acids is 1. The van der Waals surface area contributed by atoms with Crippen LogP contribution >= 0.6 is 0 Å². The van der Waals surface area contributed by atoms with E-state index in [-0.39, 0.29) is 0 Å². The zero-order valence-corrected chi connectivity index (χ0v) is 7.49. The average molecular weight is 175 g/mol. The van der Waals surface area contributed by atoms with E-state index >= 15 is 0 Å². The lowest BCUT2D eigenvalue weighted by atomic mass is 10.2. The minimum absolute atomic E-state index is 0.664. The van der Waals surface area contributed by atoms with Crippen molar-refractivity contribution < 1.29 is 9.53 Å². The van der Waals surface area contributed by atoms with E-state index in [1.165, 1.54) is 6.08 Å². The highest BCUT2D eigenvalue weighted by Crippen LogP contribution is 2.12. The third kappa shape index (κ3) is 3.11. The van der Waals surface area contributed by atoms with Gasteiger partial charge in [0.25, 0.3) is 0 Å². The summed E-state index contributed by atoms with van der Waals surface area (Å²) in [5.41, 5.74) is 0.965. The van der Waals surface area contributed by atoms with Crippen molar-refractivity contribution in [3.63, 3.8) is 0 Å². The van der Waals surface area contributed by atoms with Gasteiger partial charge in [-0.1, -0.05) is 18.2 Å². The molecule has 1 rings (SSSR count). The molecule has 2 heteroatoms. The third-order valence-electron chi connectivity index (χ3n) is 1.53. The predicted octanol–water partition coefficient (Wildman–Crippen LogP) is 2.21. The molecular formula is C11H11O2. The molecule has 0 saturated heterocycles. The summed E-state index contributed by atoms with van der Waals surface area (Å²) in [5, 5.41) is 0. The van der Waals surface area contributed by atoms with Crippen LogP contribution in [-0.4, -0.2) is 12.9 Å². The van der Waals surface area contributed by atoms with Gasteiger partial charge in [-0.25, -0.2) is 0 Å². The summed E-state index contributed by atoms with van der Waals surface area (Å²) in [6, 6.07) is 7.51. The predicted molar refractivity (Wildman–Crippen MR) is 52.3 cm³/mol. The van der Waals surface area contributed by atoms with Gasteiger partial charge in [-0.3, -0.25) is 4.79 Å². The van der Waals surface area contributed by atoms with E-state index in [1.54, 1.807) is 12.4 Å². The fourth-order valence-corrected chi connectivity index (χ4v) is 0.972. The van der Waals surface area contributed by atoms with Crippen molar-refractivity contribution in [1.82, 2.24) is 0 Å². The fourth-order valence-electron chi connectivity index (χ4n) is 0.972. The van der Waals surface area contributed by atoms with Crippen LogP contribution in [-0.2, 0) is 4.79 Å². The molecule has 0 aliphatic rings. The Kier molecular flexibility index (Phi) is 3.76. The van der Waals surface area contributed by atoms with E-state index in [4.69, 9.17) is 4.74 Å². The molecule has 0 bridgehead atoms. The molecule has 2 nitrogen and oxygen atoms in total. The van der Waals surface area contributed by atoms with E-state index in [1.807, 2.05) is 31.2 Å². The summed E-state index contributed by atoms with van der Waals surface area (Å²) in [5.74, 6) is 0.842. The van der Waals surface area contributed by atoms with Gasteiger partial charge in [0.15, 0.2) is 0 Å². The monoisotopic (exact) mass is 175 g/mol. The lowest BCUT2D eigenvalue weighted by Crippen LogP contribution is -1.90. The number of allylic oxidation sites excluding steroid dienone is 1. The topological polar surface area (TPSA) is 26.3 Å². The molecular weight excluding hydrogens is 164 g/mol.